The van der Waals surface area contributed by atoms with Crippen LogP contribution in [0.2, 0.25) is 0 Å². The number of nitrogens with zero attached hydrogens (tertiary/aromatic N) is 10. The van der Waals surface area contributed by atoms with Crippen LogP contribution in [0.25, 0.3) is 66.8 Å². The Labute approximate surface area is 583 Å². The number of rotatable bonds is 8. The van der Waals surface area contributed by atoms with Gasteiger partial charge in [0.1, 0.15) is 22.4 Å². The zero-order valence-electron chi connectivity index (χ0n) is 51.8. The molecular weight excluding hydrogens is 1540 g/mol. The quantitative estimate of drug-likeness (QED) is 0.111. The van der Waals surface area contributed by atoms with Gasteiger partial charge in [-0.15, -0.1) is 22.3 Å². The fourth-order valence-electron chi connectivity index (χ4n) is 16.9. The average Bonchev–Trinajstić information content (AvgIpc) is 1.53. The van der Waals surface area contributed by atoms with Gasteiger partial charge < -0.3 is 38.7 Å². The van der Waals surface area contributed by atoms with Gasteiger partial charge in [0.25, 0.3) is 0 Å². The van der Waals surface area contributed by atoms with Crippen LogP contribution in [0.15, 0.2) is 292 Å². The van der Waals surface area contributed by atoms with E-state index in [0.29, 0.717) is 0 Å². The molecule has 0 radical (unpaired) electrons. The molecule has 0 bridgehead atoms. The van der Waals surface area contributed by atoms with E-state index >= 15 is 0 Å². The number of pyridine rings is 2. The molecule has 0 aliphatic heterocycles. The van der Waals surface area contributed by atoms with Crippen LogP contribution >= 0.6 is 0 Å². The van der Waals surface area contributed by atoms with E-state index in [1.54, 1.807) is 12.4 Å². The molecule has 12 heteroatoms. The van der Waals surface area contributed by atoms with Crippen LogP contribution in [0.4, 0.5) is 0 Å². The number of aryl methyl sites for hydroxylation is 2. The summed E-state index contributed by atoms with van der Waals surface area (Å²) < 4.78 is 8.55. The molecule has 6 aromatic heterocycles. The smallest absolute Gasteiger partial charge is 0.207 e. The van der Waals surface area contributed by atoms with Crippen molar-refractivity contribution in [3.05, 3.63) is 395 Å². The number of hydrogen-bond acceptors (Lipinski definition) is 4. The third-order valence-corrected chi connectivity index (χ3v) is 20.5. The fourth-order valence-corrected chi connectivity index (χ4v) is 16.9. The summed E-state index contributed by atoms with van der Waals surface area (Å²) in [5, 5.41) is 18.3. The van der Waals surface area contributed by atoms with Crippen LogP contribution in [0.3, 0.4) is 0 Å². The van der Waals surface area contributed by atoms with Crippen molar-refractivity contribution in [1.29, 1.82) is 0 Å². The molecular formula is C84H54N10Pt2-4. The predicted molar refractivity (Wildman–Crippen MR) is 361 cm³/mol. The topological polar surface area (TPSA) is 97.4 Å². The Morgan fingerprint density at radius 2 is 0.594 bits per heavy atom. The summed E-state index contributed by atoms with van der Waals surface area (Å²) in [5.74, 6) is 0. The van der Waals surface area contributed by atoms with Crippen LogP contribution in [0, 0.1) is 24.8 Å². The molecule has 0 saturated carbocycles. The molecule has 10 aromatic carbocycles. The van der Waals surface area contributed by atoms with Crippen molar-refractivity contribution in [3.8, 4) is 44.5 Å². The second kappa shape index (κ2) is 22.4. The monoisotopic (exact) mass is 1590 g/mol. The van der Waals surface area contributed by atoms with E-state index in [1.807, 2.05) is 59.9 Å². The van der Waals surface area contributed by atoms with Crippen LogP contribution in [0.5, 0.6) is 0 Å². The van der Waals surface area contributed by atoms with Gasteiger partial charge in [-0.2, -0.15) is 60.9 Å². The first-order valence-corrected chi connectivity index (χ1v) is 31.7. The van der Waals surface area contributed by atoms with Gasteiger partial charge in [-0.05, 0) is 66.8 Å². The van der Waals surface area contributed by atoms with E-state index in [0.717, 1.165) is 56.0 Å². The first-order valence-electron chi connectivity index (χ1n) is 31.7. The maximum atomic E-state index is 4.96. The first-order chi connectivity index (χ1) is 46.5. The second-order valence-corrected chi connectivity index (χ2v) is 24.8. The molecule has 0 atom stereocenters. The van der Waals surface area contributed by atoms with Crippen LogP contribution in [0.1, 0.15) is 78.1 Å². The molecule has 6 heterocycles. The number of fused-ring (bicyclic) bond motifs is 14. The largest absolute Gasteiger partial charge is 0.581 e. The van der Waals surface area contributed by atoms with Crippen LogP contribution in [-0.4, -0.2) is 29.3 Å². The van der Waals surface area contributed by atoms with Gasteiger partial charge in [0.2, 0.25) is 12.7 Å². The van der Waals surface area contributed by atoms with Crippen molar-refractivity contribution < 1.29 is 51.3 Å². The minimum absolute atomic E-state index is 0. The Morgan fingerprint density at radius 3 is 0.896 bits per heavy atom. The summed E-state index contributed by atoms with van der Waals surface area (Å²) in [6.45, 7) is 0. The van der Waals surface area contributed by atoms with E-state index in [4.69, 9.17) is 20.2 Å². The molecule has 0 N–H and O–H groups in total. The maximum absolute atomic E-state index is 4.96. The van der Waals surface area contributed by atoms with Gasteiger partial charge in [-0.25, -0.2) is 0 Å². The summed E-state index contributed by atoms with van der Waals surface area (Å²) in [4.78, 5) is 9.91. The van der Waals surface area contributed by atoms with Crippen molar-refractivity contribution >= 4 is 22.3 Å². The molecule has 0 saturated heterocycles. The molecule has 10 nitrogen and oxygen atoms in total. The summed E-state index contributed by atoms with van der Waals surface area (Å²) >= 11 is 0. The van der Waals surface area contributed by atoms with E-state index in [-0.39, 0.29) is 42.1 Å². The maximum Gasteiger partial charge on any atom is 0.207 e. The molecule has 16 aromatic rings. The van der Waals surface area contributed by atoms with E-state index < -0.39 is 21.9 Å². The summed E-state index contributed by atoms with van der Waals surface area (Å²) in [5.41, 5.74) is 25.6. The number of aromatic nitrogens is 10. The molecule has 0 unspecified atom stereocenters. The Balaban J connectivity index is 0.000000142. The van der Waals surface area contributed by atoms with Gasteiger partial charge in [0.05, 0.1) is 24.9 Å². The summed E-state index contributed by atoms with van der Waals surface area (Å²) in [7, 11) is 4.08. The second-order valence-electron chi connectivity index (χ2n) is 24.8. The van der Waals surface area contributed by atoms with Crippen molar-refractivity contribution in [2.75, 3.05) is 0 Å². The standard InChI is InChI=1S/2C42H27N5.2Pt/c2*1-46-27-47(40-38(46)22-11-24-43-40)42(36-20-8-4-16-32(36)33-17-5-9-21-37(33)42)29-13-10-12-28(26-29)41(39-23-25-44-45-39)34-18-6-2-14-30(34)31-15-3-7-19-35(31)41;;/h2*2-25H,1H3;;/q2*-2;;. The predicted octanol–water partition coefficient (Wildman–Crippen LogP) is 14.0. The Kier molecular flexibility index (Phi) is 13.8. The minimum atomic E-state index is -0.798. The molecule has 4 aliphatic carbocycles. The first kappa shape index (κ1) is 59.0. The molecule has 0 spiro atoms. The van der Waals surface area contributed by atoms with Gasteiger partial charge in [0, 0.05) is 99.2 Å². The Hall–Kier alpha value is -10.8. The normalized spacial score (nSPS) is 14.5. The Morgan fingerprint density at radius 1 is 0.312 bits per heavy atom. The third kappa shape index (κ3) is 7.77. The fraction of sp³-hybridized carbons (Fsp3) is 0.0714. The number of benzene rings is 10. The van der Waals surface area contributed by atoms with Gasteiger partial charge in [0.15, 0.2) is 0 Å². The third-order valence-electron chi connectivity index (χ3n) is 20.5. The van der Waals surface area contributed by atoms with Crippen LogP contribution < -0.4 is 19.3 Å². The van der Waals surface area contributed by atoms with Gasteiger partial charge in [-0.1, -0.05) is 231 Å². The zero-order chi connectivity index (χ0) is 62.3. The van der Waals surface area contributed by atoms with Crippen molar-refractivity contribution in [2.45, 2.75) is 21.9 Å². The molecule has 4 aliphatic rings. The number of imidazole rings is 2. The molecule has 0 amide bonds. The zero-order valence-corrected chi connectivity index (χ0v) is 56.4. The Bertz CT molecular complexity index is 5190. The minimum Gasteiger partial charge on any atom is -0.581 e. The van der Waals surface area contributed by atoms with Crippen molar-refractivity contribution in [2.24, 2.45) is 14.1 Å². The summed E-state index contributed by atoms with van der Waals surface area (Å²) in [6.07, 6.45) is 14.7. The molecule has 96 heavy (non-hydrogen) atoms. The van der Waals surface area contributed by atoms with E-state index in [1.165, 1.54) is 89.0 Å². The van der Waals surface area contributed by atoms with Crippen LogP contribution in [-0.2, 0) is 78.1 Å². The molecule has 20 rings (SSSR count). The van der Waals surface area contributed by atoms with Gasteiger partial charge >= 0.3 is 0 Å². The average molecular weight is 1590 g/mol. The summed E-state index contributed by atoms with van der Waals surface area (Å²) in [6, 6.07) is 103. The molecule has 464 valence electrons. The number of hydrogen-bond donors (Lipinski definition) is 0. The molecule has 0 fully saturated rings. The van der Waals surface area contributed by atoms with Crippen molar-refractivity contribution in [3.63, 3.8) is 0 Å². The van der Waals surface area contributed by atoms with E-state index in [2.05, 4.69) is 287 Å². The van der Waals surface area contributed by atoms with Gasteiger partial charge in [-0.3, -0.25) is 9.97 Å². The van der Waals surface area contributed by atoms with E-state index in [9.17, 15) is 0 Å². The van der Waals surface area contributed by atoms with Crippen molar-refractivity contribution in [1.82, 2.24) is 39.5 Å². The SMILES string of the molecule is C[n+]1[c-]n(C2(c3[c-]c(C4(c5cc[n-]n5)c5ccccc5-c5ccccc54)ccc3)c3ccccc3-c3ccccc32)c2ncccc21.C[n+]1[c-]n(C2(c3[c-]c(C4(c5cc[n-]n5)c5ccccc5-c5ccccc54)ccc3)c3ccccc3-c3ccccc32)c2ncccc21.[Pt].[Pt].